The van der Waals surface area contributed by atoms with Gasteiger partial charge in [0.25, 0.3) is 0 Å². The zero-order valence-corrected chi connectivity index (χ0v) is 8.18. The van der Waals surface area contributed by atoms with Crippen LogP contribution < -0.4 is 5.32 Å². The van der Waals surface area contributed by atoms with Crippen LogP contribution in [0.25, 0.3) is 0 Å². The van der Waals surface area contributed by atoms with Crippen molar-refractivity contribution in [1.29, 1.82) is 0 Å². The summed E-state index contributed by atoms with van der Waals surface area (Å²) in [6.07, 6.45) is 0.425. The molecule has 0 aromatic heterocycles. The summed E-state index contributed by atoms with van der Waals surface area (Å²) in [7, 11) is 0. The Bertz CT molecular complexity index is 74.9. The lowest BCUT2D eigenvalue weighted by atomic mass is 10.3. The van der Waals surface area contributed by atoms with Crippen LogP contribution in [0.1, 0.15) is 27.7 Å². The summed E-state index contributed by atoms with van der Waals surface area (Å²) in [5.41, 5.74) is 0. The lowest BCUT2D eigenvalue weighted by molar-refractivity contribution is 0.0410. The van der Waals surface area contributed by atoms with Crippen LogP contribution in [0.5, 0.6) is 0 Å². The van der Waals surface area contributed by atoms with Gasteiger partial charge in [-0.05, 0) is 12.8 Å². The highest BCUT2D eigenvalue weighted by atomic mass is 16.5. The summed E-state index contributed by atoms with van der Waals surface area (Å²) in [4.78, 5) is 0. The Morgan fingerprint density at radius 3 is 2.09 bits per heavy atom. The summed E-state index contributed by atoms with van der Waals surface area (Å²) in [5, 5.41) is 3.21. The second-order valence-corrected chi connectivity index (χ2v) is 3.62. The van der Waals surface area contributed by atoms with Crippen molar-refractivity contribution in [2.45, 2.75) is 33.8 Å². The predicted molar refractivity (Wildman–Crippen MR) is 48.8 cm³/mol. The molecular formula is C9H21NO. The van der Waals surface area contributed by atoms with E-state index in [0.717, 1.165) is 25.6 Å². The van der Waals surface area contributed by atoms with Gasteiger partial charge in [0, 0.05) is 13.1 Å². The van der Waals surface area contributed by atoms with Crippen LogP contribution in [-0.4, -0.2) is 25.8 Å². The molecule has 1 heterocycles. The molecule has 0 spiro atoms. The fourth-order valence-corrected chi connectivity index (χ4v) is 0.697. The third-order valence-electron chi connectivity index (χ3n) is 1.11. The van der Waals surface area contributed by atoms with Gasteiger partial charge >= 0.3 is 0 Å². The third kappa shape index (κ3) is 9.92. The lowest BCUT2D eigenvalue weighted by Crippen LogP contribution is -2.36. The van der Waals surface area contributed by atoms with Gasteiger partial charge in [-0.3, -0.25) is 0 Å². The van der Waals surface area contributed by atoms with Gasteiger partial charge in [0.2, 0.25) is 0 Å². The maximum Gasteiger partial charge on any atom is 0.0672 e. The molecule has 2 heteroatoms. The molecule has 1 fully saturated rings. The average molecular weight is 159 g/mol. The van der Waals surface area contributed by atoms with Gasteiger partial charge in [-0.2, -0.15) is 0 Å². The van der Waals surface area contributed by atoms with Crippen molar-refractivity contribution in [2.24, 2.45) is 5.92 Å². The van der Waals surface area contributed by atoms with Crippen LogP contribution in [0, 0.1) is 5.92 Å². The molecule has 1 aliphatic rings. The maximum absolute atomic E-state index is 5.22. The van der Waals surface area contributed by atoms with Crippen molar-refractivity contribution in [1.82, 2.24) is 5.32 Å². The molecule has 1 aliphatic heterocycles. The SMILES string of the molecule is CC(C)C.CC1CNCCO1. The van der Waals surface area contributed by atoms with Gasteiger partial charge in [0.15, 0.2) is 0 Å². The monoisotopic (exact) mass is 159 g/mol. The molecule has 68 valence electrons. The molecule has 0 aromatic carbocycles. The van der Waals surface area contributed by atoms with E-state index in [9.17, 15) is 0 Å². The van der Waals surface area contributed by atoms with Crippen molar-refractivity contribution in [3.05, 3.63) is 0 Å². The van der Waals surface area contributed by atoms with E-state index in [2.05, 4.69) is 33.0 Å². The first-order chi connectivity index (χ1) is 5.13. The van der Waals surface area contributed by atoms with E-state index in [1.165, 1.54) is 0 Å². The standard InChI is InChI=1S/C5H11NO.C4H10/c1-5-4-6-2-3-7-5;1-4(2)3/h5-6H,2-4H2,1H3;4H,1-3H3. The number of ether oxygens (including phenoxy) is 1. The molecule has 0 saturated carbocycles. The molecule has 2 nitrogen and oxygen atoms in total. The predicted octanol–water partition coefficient (Wildman–Crippen LogP) is 1.66. The van der Waals surface area contributed by atoms with Crippen molar-refractivity contribution >= 4 is 0 Å². The van der Waals surface area contributed by atoms with Gasteiger partial charge in [0.1, 0.15) is 0 Å². The Labute approximate surface area is 70.3 Å². The number of hydrogen-bond acceptors (Lipinski definition) is 2. The normalized spacial score (nSPS) is 24.3. The minimum atomic E-state index is 0.425. The van der Waals surface area contributed by atoms with E-state index >= 15 is 0 Å². The van der Waals surface area contributed by atoms with Crippen LogP contribution in [-0.2, 0) is 4.74 Å². The van der Waals surface area contributed by atoms with Crippen LogP contribution in [0.4, 0.5) is 0 Å². The molecule has 1 N–H and O–H groups in total. The molecule has 0 radical (unpaired) electrons. The van der Waals surface area contributed by atoms with E-state index in [-0.39, 0.29) is 0 Å². The Morgan fingerprint density at radius 2 is 1.91 bits per heavy atom. The smallest absolute Gasteiger partial charge is 0.0672 e. The quantitative estimate of drug-likeness (QED) is 0.580. The van der Waals surface area contributed by atoms with Crippen LogP contribution in [0.2, 0.25) is 0 Å². The van der Waals surface area contributed by atoms with E-state index in [1.54, 1.807) is 0 Å². The second-order valence-electron chi connectivity index (χ2n) is 3.62. The Morgan fingerprint density at radius 1 is 1.36 bits per heavy atom. The largest absolute Gasteiger partial charge is 0.376 e. The molecular weight excluding hydrogens is 138 g/mol. The van der Waals surface area contributed by atoms with Crippen LogP contribution in [0.15, 0.2) is 0 Å². The number of nitrogens with one attached hydrogen (secondary N) is 1. The van der Waals surface area contributed by atoms with Gasteiger partial charge in [-0.1, -0.05) is 20.8 Å². The second kappa shape index (κ2) is 6.62. The first-order valence-electron chi connectivity index (χ1n) is 4.45. The first kappa shape index (κ1) is 10.9. The van der Waals surface area contributed by atoms with Crippen LogP contribution >= 0.6 is 0 Å². The molecule has 11 heavy (non-hydrogen) atoms. The van der Waals surface area contributed by atoms with E-state index in [0.29, 0.717) is 6.10 Å². The molecule has 0 aliphatic carbocycles. The van der Waals surface area contributed by atoms with Crippen LogP contribution in [0.3, 0.4) is 0 Å². The van der Waals surface area contributed by atoms with Crippen molar-refractivity contribution in [3.8, 4) is 0 Å². The molecule has 1 saturated heterocycles. The third-order valence-corrected chi connectivity index (χ3v) is 1.11. The average Bonchev–Trinajstić information content (AvgIpc) is 1.87. The summed E-state index contributed by atoms with van der Waals surface area (Å²) in [6.45, 7) is 11.5. The molecule has 0 aromatic rings. The molecule has 0 bridgehead atoms. The Kier molecular flexibility index (Phi) is 6.57. The lowest BCUT2D eigenvalue weighted by Gasteiger charge is -2.18. The molecule has 1 unspecified atom stereocenters. The molecule has 1 atom stereocenters. The molecule has 0 amide bonds. The van der Waals surface area contributed by atoms with E-state index in [4.69, 9.17) is 4.74 Å². The first-order valence-corrected chi connectivity index (χ1v) is 4.45. The topological polar surface area (TPSA) is 21.3 Å². The fourth-order valence-electron chi connectivity index (χ4n) is 0.697. The summed E-state index contributed by atoms with van der Waals surface area (Å²) < 4.78 is 5.22. The fraction of sp³-hybridized carbons (Fsp3) is 1.00. The minimum absolute atomic E-state index is 0.425. The summed E-state index contributed by atoms with van der Waals surface area (Å²) in [5.74, 6) is 0.833. The van der Waals surface area contributed by atoms with Gasteiger partial charge in [-0.15, -0.1) is 0 Å². The highest BCUT2D eigenvalue weighted by molar-refractivity contribution is 4.59. The minimum Gasteiger partial charge on any atom is -0.376 e. The Hall–Kier alpha value is -0.0800. The molecule has 1 rings (SSSR count). The number of morpholine rings is 1. The van der Waals surface area contributed by atoms with Gasteiger partial charge < -0.3 is 10.1 Å². The maximum atomic E-state index is 5.22. The van der Waals surface area contributed by atoms with Crippen molar-refractivity contribution < 1.29 is 4.74 Å². The van der Waals surface area contributed by atoms with Crippen molar-refractivity contribution in [3.63, 3.8) is 0 Å². The number of hydrogen-bond donors (Lipinski definition) is 1. The van der Waals surface area contributed by atoms with Gasteiger partial charge in [-0.25, -0.2) is 0 Å². The zero-order valence-electron chi connectivity index (χ0n) is 8.18. The summed E-state index contributed by atoms with van der Waals surface area (Å²) in [6, 6.07) is 0. The van der Waals surface area contributed by atoms with E-state index in [1.807, 2.05) is 0 Å². The van der Waals surface area contributed by atoms with E-state index < -0.39 is 0 Å². The highest BCUT2D eigenvalue weighted by Crippen LogP contribution is 1.91. The number of rotatable bonds is 0. The Balaban J connectivity index is 0.000000218. The summed E-state index contributed by atoms with van der Waals surface area (Å²) >= 11 is 0. The zero-order chi connectivity index (χ0) is 8.69. The van der Waals surface area contributed by atoms with Crippen molar-refractivity contribution in [2.75, 3.05) is 19.7 Å². The van der Waals surface area contributed by atoms with Gasteiger partial charge in [0.05, 0.1) is 12.7 Å². The highest BCUT2D eigenvalue weighted by Gasteiger charge is 2.04.